The maximum Gasteiger partial charge on any atom is 0.326 e. The van der Waals surface area contributed by atoms with E-state index in [2.05, 4.69) is 35.9 Å². The highest BCUT2D eigenvalue weighted by Crippen LogP contribution is 2.20. The van der Waals surface area contributed by atoms with Crippen LogP contribution in [-0.2, 0) is 35.1 Å². The van der Waals surface area contributed by atoms with Crippen molar-refractivity contribution in [2.24, 2.45) is 5.41 Å². The summed E-state index contributed by atoms with van der Waals surface area (Å²) in [5, 5.41) is 26.5. The first-order valence-corrected chi connectivity index (χ1v) is 17.1. The van der Waals surface area contributed by atoms with Crippen molar-refractivity contribution in [3.8, 4) is 0 Å². The van der Waals surface area contributed by atoms with Gasteiger partial charge < -0.3 is 56.7 Å². The minimum Gasteiger partial charge on any atom is -0.480 e. The fourth-order valence-electron chi connectivity index (χ4n) is 4.79. The van der Waals surface area contributed by atoms with Gasteiger partial charge in [-0.15, -0.1) is 0 Å². The Morgan fingerprint density at radius 1 is 0.943 bits per heavy atom. The molecule has 1 aromatic carbocycles. The van der Waals surface area contributed by atoms with Crippen LogP contribution in [0, 0.1) is 5.41 Å². The van der Waals surface area contributed by atoms with E-state index >= 15 is 0 Å². The van der Waals surface area contributed by atoms with E-state index in [0.29, 0.717) is 75.8 Å². The zero-order valence-corrected chi connectivity index (χ0v) is 30.3. The Morgan fingerprint density at radius 3 is 2.30 bits per heavy atom. The molecular weight excluding hydrogens is 692 g/mol. The molecule has 0 aliphatic heterocycles. The van der Waals surface area contributed by atoms with Gasteiger partial charge in [0.25, 0.3) is 5.91 Å². The molecular formula is C34H50N10O9. The zero-order chi connectivity index (χ0) is 38.8. The molecule has 0 saturated heterocycles. The van der Waals surface area contributed by atoms with E-state index in [1.165, 1.54) is 0 Å². The molecule has 1 unspecified atom stereocenters. The Morgan fingerprint density at radius 2 is 1.62 bits per heavy atom. The van der Waals surface area contributed by atoms with Crippen molar-refractivity contribution in [1.29, 1.82) is 0 Å². The fraction of sp³-hybridized carbons (Fsp3) is 0.529. The molecule has 0 fully saturated rings. The molecule has 3 aromatic rings. The highest BCUT2D eigenvalue weighted by Gasteiger charge is 2.26. The van der Waals surface area contributed by atoms with Gasteiger partial charge in [-0.3, -0.25) is 14.4 Å². The summed E-state index contributed by atoms with van der Waals surface area (Å²) in [6.45, 7) is 5.88. The number of aliphatic hydroxyl groups is 1. The molecule has 2 heterocycles. The van der Waals surface area contributed by atoms with Gasteiger partial charge in [0, 0.05) is 49.9 Å². The fourth-order valence-corrected chi connectivity index (χ4v) is 4.79. The maximum atomic E-state index is 12.8. The van der Waals surface area contributed by atoms with E-state index < -0.39 is 23.3 Å². The van der Waals surface area contributed by atoms with Crippen molar-refractivity contribution >= 4 is 52.3 Å². The second-order valence-electron chi connectivity index (χ2n) is 12.7. The first kappa shape index (κ1) is 42.2. The van der Waals surface area contributed by atoms with E-state index in [4.69, 9.17) is 30.8 Å². The number of carbonyl (C=O) groups excluding carboxylic acids is 3. The predicted octanol–water partition coefficient (Wildman–Crippen LogP) is 0.222. The van der Waals surface area contributed by atoms with Crippen molar-refractivity contribution in [3.63, 3.8) is 0 Å². The molecule has 3 rings (SSSR count). The number of hydrogen-bond donors (Lipinski definition) is 7. The van der Waals surface area contributed by atoms with Crippen LogP contribution < -0.4 is 32.3 Å². The average Bonchev–Trinajstić information content (AvgIpc) is 3.11. The Kier molecular flexibility index (Phi) is 17.0. The quantitative estimate of drug-likeness (QED) is 0.0477. The summed E-state index contributed by atoms with van der Waals surface area (Å²) in [7, 11) is 1.83. The second-order valence-corrected chi connectivity index (χ2v) is 12.7. The first-order valence-electron chi connectivity index (χ1n) is 17.1. The smallest absolute Gasteiger partial charge is 0.326 e. The summed E-state index contributed by atoms with van der Waals surface area (Å²) in [6, 6.07) is 5.32. The van der Waals surface area contributed by atoms with Crippen molar-refractivity contribution in [1.82, 2.24) is 35.9 Å². The lowest BCUT2D eigenvalue weighted by atomic mass is 9.89. The van der Waals surface area contributed by atoms with Crippen LogP contribution >= 0.6 is 0 Å². The predicted molar refractivity (Wildman–Crippen MR) is 194 cm³/mol. The molecule has 2 aromatic heterocycles. The summed E-state index contributed by atoms with van der Waals surface area (Å²) in [5.74, 6) is -2.24. The van der Waals surface area contributed by atoms with Crippen molar-refractivity contribution in [3.05, 3.63) is 41.7 Å². The van der Waals surface area contributed by atoms with Gasteiger partial charge in [-0.1, -0.05) is 13.8 Å². The van der Waals surface area contributed by atoms with Crippen LogP contribution in [0.5, 0.6) is 0 Å². The summed E-state index contributed by atoms with van der Waals surface area (Å²) >= 11 is 0. The van der Waals surface area contributed by atoms with Gasteiger partial charge >= 0.3 is 5.97 Å². The summed E-state index contributed by atoms with van der Waals surface area (Å²) in [6.07, 6.45) is 2.28. The molecule has 0 aliphatic carbocycles. The minimum atomic E-state index is -1.26. The number of carboxylic acid groups (broad SMARTS) is 1. The molecule has 0 bridgehead atoms. The molecule has 3 amide bonds. The number of carbonyl (C=O) groups is 4. The Bertz CT molecular complexity index is 1660. The average molecular weight is 743 g/mol. The van der Waals surface area contributed by atoms with Gasteiger partial charge in [0.05, 0.1) is 44.9 Å². The van der Waals surface area contributed by atoms with Crippen LogP contribution in [0.1, 0.15) is 55.6 Å². The van der Waals surface area contributed by atoms with E-state index in [-0.39, 0.29) is 55.3 Å². The topological polar surface area (TPSA) is 279 Å². The number of aliphatic hydroxyl groups excluding tert-OH is 1. The first-order chi connectivity index (χ1) is 25.3. The number of nitrogens with two attached hydrogens (primary N) is 2. The lowest BCUT2D eigenvalue weighted by molar-refractivity contribution is -0.139. The molecule has 1 atom stereocenters. The summed E-state index contributed by atoms with van der Waals surface area (Å²) in [5.41, 5.74) is 13.1. The lowest BCUT2D eigenvalue weighted by Gasteiger charge is -2.22. The monoisotopic (exact) mass is 742 g/mol. The normalized spacial score (nSPS) is 11.9. The lowest BCUT2D eigenvalue weighted by Crippen LogP contribution is -2.41. The molecule has 0 radical (unpaired) electrons. The largest absolute Gasteiger partial charge is 0.480 e. The number of aromatic nitrogens is 4. The Labute approximate surface area is 307 Å². The molecule has 0 spiro atoms. The Hall–Kier alpha value is -5.24. The van der Waals surface area contributed by atoms with Gasteiger partial charge in [-0.05, 0) is 43.5 Å². The maximum absolute atomic E-state index is 12.8. The van der Waals surface area contributed by atoms with Crippen LogP contribution in [-0.4, -0.2) is 120 Å². The number of nitrogens with one attached hydrogen (secondary N) is 3. The number of ether oxygens (including phenoxy) is 3. The number of amides is 3. The van der Waals surface area contributed by atoms with Crippen LogP contribution in [0.25, 0.3) is 11.2 Å². The molecule has 19 heteroatoms. The number of fused-ring (bicyclic) bond motifs is 1. The standard InChI is InChI=1S/C34H50N10O9/c1-34(2,11-13-45)32(50)39-21-53-18-17-52-16-15-51-14-4-12-37-26(46)10-9-25(31(48)49)41-30(47)22-5-7-24(8-6-22)44(3)20-23-19-38-29-27(40-23)28(35)42-33(36)43-29/h5-8,19,25,45H,4,9-18,20-21H2,1-3H3,(H,37,46)(H,39,50)(H,41,47)(H,48,49)(H4,35,36,38,42,43). The number of nitrogens with zero attached hydrogens (tertiary/aromatic N) is 5. The number of aliphatic carboxylic acids is 1. The third-order valence-corrected chi connectivity index (χ3v) is 7.95. The molecule has 0 saturated carbocycles. The minimum absolute atomic E-state index is 0.00839. The van der Waals surface area contributed by atoms with E-state index in [0.717, 1.165) is 5.69 Å². The van der Waals surface area contributed by atoms with E-state index in [1.807, 2.05) is 11.9 Å². The van der Waals surface area contributed by atoms with Crippen LogP contribution in [0.2, 0.25) is 0 Å². The van der Waals surface area contributed by atoms with Gasteiger partial charge in [0.2, 0.25) is 17.8 Å². The zero-order valence-electron chi connectivity index (χ0n) is 30.3. The third-order valence-electron chi connectivity index (χ3n) is 7.95. The third kappa shape index (κ3) is 14.4. The number of anilines is 3. The SMILES string of the molecule is CN(Cc1cnc2nc(N)nc(N)c2n1)c1ccc(C(=O)NC(CCC(=O)NCCCOCCOCCOCNC(=O)C(C)(C)CCO)C(=O)O)cc1. The summed E-state index contributed by atoms with van der Waals surface area (Å²) in [4.78, 5) is 67.5. The van der Waals surface area contributed by atoms with E-state index in [9.17, 15) is 24.3 Å². The van der Waals surface area contributed by atoms with Crippen molar-refractivity contribution in [2.75, 3.05) is 76.3 Å². The van der Waals surface area contributed by atoms with Gasteiger partial charge in [0.1, 0.15) is 12.8 Å². The number of rotatable bonds is 24. The molecule has 9 N–H and O–H groups in total. The molecule has 19 nitrogen and oxygen atoms in total. The molecule has 290 valence electrons. The molecule has 53 heavy (non-hydrogen) atoms. The number of carboxylic acids is 1. The van der Waals surface area contributed by atoms with Gasteiger partial charge in [-0.2, -0.15) is 9.97 Å². The highest BCUT2D eigenvalue weighted by molar-refractivity contribution is 5.97. The number of nitrogen functional groups attached to an aromatic ring is 2. The van der Waals surface area contributed by atoms with Crippen LogP contribution in [0.4, 0.5) is 17.5 Å². The molecule has 0 aliphatic rings. The Balaban J connectivity index is 1.27. The second kappa shape index (κ2) is 21.3. The highest BCUT2D eigenvalue weighted by atomic mass is 16.5. The van der Waals surface area contributed by atoms with Crippen LogP contribution in [0.3, 0.4) is 0 Å². The van der Waals surface area contributed by atoms with Gasteiger partial charge in [0.15, 0.2) is 17.0 Å². The van der Waals surface area contributed by atoms with Gasteiger partial charge in [-0.25, -0.2) is 14.8 Å². The number of hydrogen-bond acceptors (Lipinski definition) is 15. The summed E-state index contributed by atoms with van der Waals surface area (Å²) < 4.78 is 16.2. The number of benzene rings is 1. The van der Waals surface area contributed by atoms with E-state index in [1.54, 1.807) is 44.3 Å². The van der Waals surface area contributed by atoms with Crippen molar-refractivity contribution in [2.45, 2.75) is 52.1 Å². The van der Waals surface area contributed by atoms with Crippen molar-refractivity contribution < 1.29 is 43.6 Å². The van der Waals surface area contributed by atoms with Crippen LogP contribution in [0.15, 0.2) is 30.5 Å².